The van der Waals surface area contributed by atoms with Crippen molar-refractivity contribution in [2.45, 2.75) is 13.0 Å². The van der Waals surface area contributed by atoms with Gasteiger partial charge in [0.15, 0.2) is 12.4 Å². The summed E-state index contributed by atoms with van der Waals surface area (Å²) in [7, 11) is 1.71. The normalized spacial score (nSPS) is 10.4. The number of hydrogen-bond acceptors (Lipinski definition) is 5. The molecule has 1 N–H and O–H groups in total. The second-order valence-corrected chi connectivity index (χ2v) is 6.25. The van der Waals surface area contributed by atoms with E-state index in [0.717, 1.165) is 5.69 Å². The Kier molecular flexibility index (Phi) is 6.27. The fraction of sp³-hybridized carbons (Fsp3) is 0.211. The molecule has 2 aromatic carbocycles. The van der Waals surface area contributed by atoms with Crippen molar-refractivity contribution in [3.63, 3.8) is 0 Å². The second-order valence-electron chi connectivity index (χ2n) is 5.81. The fourth-order valence-corrected chi connectivity index (χ4v) is 2.36. The van der Waals surface area contributed by atoms with Crippen molar-refractivity contribution in [2.75, 3.05) is 18.9 Å². The van der Waals surface area contributed by atoms with Crippen molar-refractivity contribution in [1.29, 1.82) is 0 Å². The Balaban J connectivity index is 1.44. The minimum atomic E-state index is -0.198. The Labute approximate surface area is 161 Å². The summed E-state index contributed by atoms with van der Waals surface area (Å²) >= 11 is 5.83. The van der Waals surface area contributed by atoms with Gasteiger partial charge in [0.05, 0.1) is 0 Å². The summed E-state index contributed by atoms with van der Waals surface area (Å²) in [6.45, 7) is 0.620. The van der Waals surface area contributed by atoms with E-state index >= 15 is 0 Å². The zero-order valence-electron chi connectivity index (χ0n) is 14.8. The lowest BCUT2D eigenvalue weighted by molar-refractivity contribution is 0.222. The predicted octanol–water partition coefficient (Wildman–Crippen LogP) is 4.01. The van der Waals surface area contributed by atoms with Gasteiger partial charge in [-0.3, -0.25) is 0 Å². The molecule has 7 nitrogen and oxygen atoms in total. The van der Waals surface area contributed by atoms with Crippen molar-refractivity contribution in [3.8, 4) is 5.75 Å². The van der Waals surface area contributed by atoms with Crippen LogP contribution in [0.15, 0.2) is 59.1 Å². The lowest BCUT2D eigenvalue weighted by atomic mass is 10.3. The molecule has 0 unspecified atom stereocenters. The molecule has 0 atom stereocenters. The van der Waals surface area contributed by atoms with E-state index in [1.807, 2.05) is 30.3 Å². The van der Waals surface area contributed by atoms with E-state index in [-0.39, 0.29) is 12.6 Å². The lowest BCUT2D eigenvalue weighted by Crippen LogP contribution is -2.33. The highest BCUT2D eigenvalue weighted by Crippen LogP contribution is 2.16. The van der Waals surface area contributed by atoms with E-state index in [2.05, 4.69) is 15.5 Å². The standard InChI is InChI=1S/C19H19ClN4O3/c1-24(19(25)21-15-5-3-2-4-6-15)12-11-17-22-18(27-23-17)13-26-16-9-7-14(20)8-10-16/h2-10H,11-13H2,1H3,(H,21,25). The van der Waals surface area contributed by atoms with Crippen LogP contribution >= 0.6 is 11.6 Å². The molecule has 0 aliphatic carbocycles. The van der Waals surface area contributed by atoms with Gasteiger partial charge in [-0.25, -0.2) is 4.79 Å². The van der Waals surface area contributed by atoms with Crippen LogP contribution in [-0.2, 0) is 13.0 Å². The molecule has 140 valence electrons. The van der Waals surface area contributed by atoms with Gasteiger partial charge in [-0.1, -0.05) is 35.0 Å². The van der Waals surface area contributed by atoms with E-state index < -0.39 is 0 Å². The molecule has 0 saturated heterocycles. The number of anilines is 1. The first-order valence-corrected chi connectivity index (χ1v) is 8.75. The van der Waals surface area contributed by atoms with Gasteiger partial charge in [-0.15, -0.1) is 0 Å². The van der Waals surface area contributed by atoms with Gasteiger partial charge < -0.3 is 19.5 Å². The van der Waals surface area contributed by atoms with Crippen LogP contribution in [0.25, 0.3) is 0 Å². The third-order valence-electron chi connectivity index (χ3n) is 3.73. The second kappa shape index (κ2) is 9.05. The van der Waals surface area contributed by atoms with Crippen molar-refractivity contribution in [1.82, 2.24) is 15.0 Å². The number of urea groups is 1. The summed E-state index contributed by atoms with van der Waals surface area (Å²) < 4.78 is 10.7. The lowest BCUT2D eigenvalue weighted by Gasteiger charge is -2.16. The number of para-hydroxylation sites is 1. The van der Waals surface area contributed by atoms with Crippen molar-refractivity contribution in [3.05, 3.63) is 71.3 Å². The Morgan fingerprint density at radius 1 is 1.19 bits per heavy atom. The van der Waals surface area contributed by atoms with Gasteiger partial charge in [-0.2, -0.15) is 4.98 Å². The van der Waals surface area contributed by atoms with Crippen LogP contribution in [0, 0.1) is 0 Å². The molecule has 1 heterocycles. The maximum Gasteiger partial charge on any atom is 0.321 e. The maximum absolute atomic E-state index is 12.1. The minimum Gasteiger partial charge on any atom is -0.484 e. The van der Waals surface area contributed by atoms with Crippen LogP contribution in [0.3, 0.4) is 0 Å². The van der Waals surface area contributed by atoms with E-state index in [4.69, 9.17) is 20.9 Å². The number of carbonyl (C=O) groups is 1. The third kappa shape index (κ3) is 5.72. The number of nitrogens with one attached hydrogen (secondary N) is 1. The first-order valence-electron chi connectivity index (χ1n) is 8.37. The van der Waals surface area contributed by atoms with Crippen molar-refractivity contribution in [2.24, 2.45) is 0 Å². The fourth-order valence-electron chi connectivity index (χ4n) is 2.24. The summed E-state index contributed by atoms with van der Waals surface area (Å²) in [6.07, 6.45) is 0.475. The number of amides is 2. The van der Waals surface area contributed by atoms with Crippen LogP contribution in [0.1, 0.15) is 11.7 Å². The molecule has 0 radical (unpaired) electrons. The largest absolute Gasteiger partial charge is 0.484 e. The van der Waals surface area contributed by atoms with Gasteiger partial charge in [0.2, 0.25) is 0 Å². The number of likely N-dealkylation sites (N-methyl/N-ethyl adjacent to an activating group) is 1. The summed E-state index contributed by atoms with van der Waals surface area (Å²) in [4.78, 5) is 18.0. The Morgan fingerprint density at radius 2 is 1.93 bits per heavy atom. The molecule has 2 amide bonds. The first-order chi connectivity index (χ1) is 13.1. The molecule has 0 fully saturated rings. The molecule has 27 heavy (non-hydrogen) atoms. The smallest absolute Gasteiger partial charge is 0.321 e. The van der Waals surface area contributed by atoms with Gasteiger partial charge in [0.1, 0.15) is 5.75 Å². The average molecular weight is 387 g/mol. The molecular weight excluding hydrogens is 368 g/mol. The minimum absolute atomic E-state index is 0.166. The van der Waals surface area contributed by atoms with Crippen LogP contribution in [0.4, 0.5) is 10.5 Å². The van der Waals surface area contributed by atoms with Crippen LogP contribution in [0.2, 0.25) is 5.02 Å². The first kappa shape index (κ1) is 18.7. The maximum atomic E-state index is 12.1. The van der Waals surface area contributed by atoms with E-state index in [1.54, 1.807) is 36.2 Å². The number of benzene rings is 2. The number of carbonyl (C=O) groups excluding carboxylic acids is 1. The molecule has 8 heteroatoms. The molecule has 0 spiro atoms. The predicted molar refractivity (Wildman–Crippen MR) is 102 cm³/mol. The van der Waals surface area contributed by atoms with Gasteiger partial charge in [-0.05, 0) is 36.4 Å². The Hall–Kier alpha value is -3.06. The molecule has 3 rings (SSSR count). The van der Waals surface area contributed by atoms with Gasteiger partial charge >= 0.3 is 6.03 Å². The monoisotopic (exact) mass is 386 g/mol. The van der Waals surface area contributed by atoms with Crippen molar-refractivity contribution < 1.29 is 14.1 Å². The topological polar surface area (TPSA) is 80.5 Å². The molecule has 0 aliphatic heterocycles. The summed E-state index contributed by atoms with van der Waals surface area (Å²) in [6, 6.07) is 16.1. The average Bonchev–Trinajstić information content (AvgIpc) is 3.14. The number of rotatable bonds is 7. The summed E-state index contributed by atoms with van der Waals surface area (Å²) in [5, 5.41) is 7.37. The quantitative estimate of drug-likeness (QED) is 0.663. The zero-order valence-corrected chi connectivity index (χ0v) is 15.5. The van der Waals surface area contributed by atoms with Crippen molar-refractivity contribution >= 4 is 23.3 Å². The van der Waals surface area contributed by atoms with Crippen LogP contribution < -0.4 is 10.1 Å². The zero-order chi connectivity index (χ0) is 19.1. The third-order valence-corrected chi connectivity index (χ3v) is 3.98. The van der Waals surface area contributed by atoms with E-state index in [1.165, 1.54) is 0 Å². The Bertz CT molecular complexity index is 868. The van der Waals surface area contributed by atoms with Gasteiger partial charge in [0.25, 0.3) is 5.89 Å². The van der Waals surface area contributed by atoms with Gasteiger partial charge in [0, 0.05) is 30.7 Å². The number of nitrogens with zero attached hydrogens (tertiary/aromatic N) is 3. The SMILES string of the molecule is CN(CCc1noc(COc2ccc(Cl)cc2)n1)C(=O)Nc1ccccc1. The highest BCUT2D eigenvalue weighted by molar-refractivity contribution is 6.30. The number of ether oxygens (including phenoxy) is 1. The number of halogens is 1. The molecule has 3 aromatic rings. The number of aromatic nitrogens is 2. The summed E-state index contributed by atoms with van der Waals surface area (Å²) in [5.74, 6) is 1.55. The molecule has 1 aromatic heterocycles. The van der Waals surface area contributed by atoms with E-state index in [0.29, 0.717) is 35.5 Å². The van der Waals surface area contributed by atoms with Crippen LogP contribution in [0.5, 0.6) is 5.75 Å². The van der Waals surface area contributed by atoms with E-state index in [9.17, 15) is 4.79 Å². The van der Waals surface area contributed by atoms with Crippen LogP contribution in [-0.4, -0.2) is 34.7 Å². The molecule has 0 aliphatic rings. The highest BCUT2D eigenvalue weighted by Gasteiger charge is 2.12. The number of hydrogen-bond donors (Lipinski definition) is 1. The Morgan fingerprint density at radius 3 is 2.67 bits per heavy atom. The highest BCUT2D eigenvalue weighted by atomic mass is 35.5. The molecule has 0 saturated carbocycles. The molecule has 0 bridgehead atoms. The molecular formula is C19H19ClN4O3. The summed E-state index contributed by atoms with van der Waals surface area (Å²) in [5.41, 5.74) is 0.746.